The van der Waals surface area contributed by atoms with Crippen molar-refractivity contribution in [3.05, 3.63) is 181 Å². The van der Waals surface area contributed by atoms with Crippen LogP contribution in [0.4, 0.5) is 17.6 Å². The molecule has 0 aromatic heterocycles. The van der Waals surface area contributed by atoms with E-state index < -0.39 is 40.6 Å². The lowest BCUT2D eigenvalue weighted by Crippen LogP contribution is -2.45. The van der Waals surface area contributed by atoms with Crippen molar-refractivity contribution in [2.75, 3.05) is 6.79 Å². The molecule has 0 radical (unpaired) electrons. The molecule has 9 rings (SSSR count). The molecule has 0 saturated carbocycles. The van der Waals surface area contributed by atoms with Crippen LogP contribution in [-0.2, 0) is 18.9 Å². The fourth-order valence-electron chi connectivity index (χ4n) is 6.71. The summed E-state index contributed by atoms with van der Waals surface area (Å²) >= 11 is 0. The Kier molecular flexibility index (Phi) is 10.6. The van der Waals surface area contributed by atoms with Gasteiger partial charge >= 0.3 is 12.6 Å². The van der Waals surface area contributed by atoms with Crippen LogP contribution >= 0.6 is 15.8 Å². The van der Waals surface area contributed by atoms with Crippen LogP contribution in [0, 0.1) is 0 Å². The highest BCUT2D eigenvalue weighted by Gasteiger charge is 2.55. The van der Waals surface area contributed by atoms with Gasteiger partial charge in [0.2, 0.25) is 6.79 Å². The zero-order chi connectivity index (χ0) is 37.8. The molecule has 0 amide bonds. The van der Waals surface area contributed by atoms with Crippen molar-refractivity contribution in [3.63, 3.8) is 0 Å². The van der Waals surface area contributed by atoms with Crippen LogP contribution in [-0.4, -0.2) is 19.4 Å². The molecule has 0 spiro atoms. The van der Waals surface area contributed by atoms with Crippen molar-refractivity contribution in [2.45, 2.75) is 24.8 Å². The Morgan fingerprint density at radius 1 is 0.418 bits per heavy atom. The minimum Gasteiger partial charge on any atom is -0.462 e. The lowest BCUT2D eigenvalue weighted by molar-refractivity contribution is -0.427. The zero-order valence-corrected chi connectivity index (χ0v) is 30.7. The second kappa shape index (κ2) is 15.9. The van der Waals surface area contributed by atoms with E-state index in [1.165, 1.54) is 24.7 Å². The Labute approximate surface area is 317 Å². The third-order valence-corrected chi connectivity index (χ3v) is 13.8. The summed E-state index contributed by atoms with van der Waals surface area (Å²) in [5.74, 6) is -0.345. The summed E-state index contributed by atoms with van der Waals surface area (Å²) < 4.78 is 92.3. The van der Waals surface area contributed by atoms with E-state index >= 15 is 17.6 Å². The van der Waals surface area contributed by atoms with Crippen molar-refractivity contribution >= 4 is 47.7 Å². The summed E-state index contributed by atoms with van der Waals surface area (Å²) in [6.07, 6.45) is -8.71. The van der Waals surface area contributed by atoms with Crippen molar-refractivity contribution in [2.24, 2.45) is 0 Å². The number of halogens is 4. The van der Waals surface area contributed by atoms with Crippen molar-refractivity contribution in [1.29, 1.82) is 0 Å². The Morgan fingerprint density at radius 3 is 1.04 bits per heavy atom. The molecule has 0 fully saturated rings. The number of hydrogen-bond acceptors (Lipinski definition) is 6. The van der Waals surface area contributed by atoms with E-state index in [4.69, 9.17) is 18.9 Å². The van der Waals surface area contributed by atoms with Gasteiger partial charge in [0.15, 0.2) is 0 Å². The quantitative estimate of drug-likeness (QED) is 0.120. The van der Waals surface area contributed by atoms with Gasteiger partial charge in [-0.15, -0.1) is 17.6 Å². The SMILES string of the molecule is C1=COCO1.FC1(F)Oc2cccc(P(c3ccccc3)c3ccccc3)c2C([C@H]2OC(F)(F)Oc3cccc(P(c4ccccc4)c4ccccc4)c32)O1. The highest BCUT2D eigenvalue weighted by Crippen LogP contribution is 2.55. The molecule has 0 N–H and O–H groups in total. The molecule has 0 aliphatic carbocycles. The summed E-state index contributed by atoms with van der Waals surface area (Å²) in [4.78, 5) is 0. The molecule has 3 heterocycles. The highest BCUT2D eigenvalue weighted by molar-refractivity contribution is 7.80. The maximum Gasteiger partial charge on any atom is 0.535 e. The predicted molar refractivity (Wildman–Crippen MR) is 205 cm³/mol. The first-order valence-electron chi connectivity index (χ1n) is 17.2. The number of rotatable bonds is 7. The monoisotopic (exact) mass is 782 g/mol. The topological polar surface area (TPSA) is 55.4 Å². The summed E-state index contributed by atoms with van der Waals surface area (Å²) in [7, 11) is -2.80. The fourth-order valence-corrected chi connectivity index (χ4v) is 11.7. The average molecular weight is 783 g/mol. The number of alkyl halides is 4. The van der Waals surface area contributed by atoms with Gasteiger partial charge in [-0.1, -0.05) is 146 Å². The van der Waals surface area contributed by atoms with Crippen LogP contribution in [0.15, 0.2) is 170 Å². The zero-order valence-electron chi connectivity index (χ0n) is 28.9. The summed E-state index contributed by atoms with van der Waals surface area (Å²) in [5.41, 5.74) is 0.425. The molecule has 0 saturated heterocycles. The molecule has 3 aliphatic heterocycles. The van der Waals surface area contributed by atoms with Gasteiger partial charge in [-0.3, -0.25) is 9.47 Å². The smallest absolute Gasteiger partial charge is 0.462 e. The molecule has 6 aromatic rings. The van der Waals surface area contributed by atoms with Gasteiger partial charge in [-0.2, -0.15) is 0 Å². The molecule has 278 valence electrons. The molecule has 6 nitrogen and oxygen atoms in total. The first-order valence-corrected chi connectivity index (χ1v) is 19.9. The molecule has 1 unspecified atom stereocenters. The van der Waals surface area contributed by atoms with Crippen LogP contribution in [0.3, 0.4) is 0 Å². The highest BCUT2D eigenvalue weighted by atomic mass is 31.1. The molecule has 3 aliphatic rings. The van der Waals surface area contributed by atoms with Crippen molar-refractivity contribution in [3.8, 4) is 11.5 Å². The summed E-state index contributed by atoms with van der Waals surface area (Å²) in [6.45, 7) is 0.389. The van der Waals surface area contributed by atoms with Crippen LogP contribution < -0.4 is 41.3 Å². The van der Waals surface area contributed by atoms with Crippen LogP contribution in [0.5, 0.6) is 11.5 Å². The Bertz CT molecular complexity index is 2010. The molecule has 12 heteroatoms. The molecular weight excluding hydrogens is 750 g/mol. The third-order valence-electron chi connectivity index (χ3n) is 8.84. The Balaban J connectivity index is 0.000000792. The molecule has 6 aromatic carbocycles. The van der Waals surface area contributed by atoms with Gasteiger partial charge < -0.3 is 18.9 Å². The third kappa shape index (κ3) is 7.96. The maximum absolute atomic E-state index is 15.5. The van der Waals surface area contributed by atoms with Crippen molar-refractivity contribution < 1.29 is 46.0 Å². The van der Waals surface area contributed by atoms with Gasteiger partial charge in [-0.25, -0.2) is 0 Å². The first kappa shape index (κ1) is 36.7. The largest absolute Gasteiger partial charge is 0.535 e. The van der Waals surface area contributed by atoms with E-state index in [1.807, 2.05) is 133 Å². The van der Waals surface area contributed by atoms with Gasteiger partial charge in [0, 0.05) is 11.1 Å². The van der Waals surface area contributed by atoms with Gasteiger partial charge in [-0.05, 0) is 59.8 Å². The fraction of sp³-hybridized carbons (Fsp3) is 0.116. The first-order chi connectivity index (χ1) is 26.8. The minimum absolute atomic E-state index is 0.172. The number of hydrogen-bond donors (Lipinski definition) is 0. The average Bonchev–Trinajstić information content (AvgIpc) is 3.79. The lowest BCUT2D eigenvalue weighted by Gasteiger charge is -2.42. The predicted octanol–water partition coefficient (Wildman–Crippen LogP) is 8.37. The Hall–Kier alpha value is -5.24. The maximum atomic E-state index is 15.5. The summed E-state index contributed by atoms with van der Waals surface area (Å²) in [6, 6.07) is 48.3. The van der Waals surface area contributed by atoms with E-state index in [-0.39, 0.29) is 22.6 Å². The normalized spacial score (nSPS) is 18.7. The lowest BCUT2D eigenvalue weighted by atomic mass is 9.95. The second-order valence-electron chi connectivity index (χ2n) is 12.3. The van der Waals surface area contributed by atoms with E-state index in [0.29, 0.717) is 17.4 Å². The number of ether oxygens (including phenoxy) is 6. The number of fused-ring (bicyclic) bond motifs is 2. The second-order valence-corrected chi connectivity index (χ2v) is 16.7. The van der Waals surface area contributed by atoms with E-state index in [2.05, 4.69) is 9.47 Å². The van der Waals surface area contributed by atoms with E-state index in [1.54, 1.807) is 12.1 Å². The van der Waals surface area contributed by atoms with Crippen molar-refractivity contribution in [1.82, 2.24) is 0 Å². The summed E-state index contributed by atoms with van der Waals surface area (Å²) in [5, 5.41) is 4.93. The standard InChI is InChI=1S/C40H28F4O4P2.C3H4O2/c41-39(42)45-31-23-13-25-33(49(27-15-5-1-6-16-27)28-17-7-2-8-18-28)35(31)37(47-39)38-36-32(46-40(43,44)48-38)24-14-26-34(36)50(29-19-9-3-10-20-29)30-21-11-4-12-22-30;1-2-5-3-4-1/h1-26,37-38H;1-2H,3H2/t37-,38?;/m0./s1. The van der Waals surface area contributed by atoms with Gasteiger partial charge in [0.1, 0.15) is 36.2 Å². The van der Waals surface area contributed by atoms with Crippen LogP contribution in [0.2, 0.25) is 0 Å². The van der Waals surface area contributed by atoms with Crippen LogP contribution in [0.25, 0.3) is 0 Å². The number of benzene rings is 6. The van der Waals surface area contributed by atoms with Gasteiger partial charge in [0.05, 0.1) is 0 Å². The van der Waals surface area contributed by atoms with Gasteiger partial charge in [0.25, 0.3) is 0 Å². The molecule has 55 heavy (non-hydrogen) atoms. The minimum atomic E-state index is -4.14. The molecular formula is C43H32F4O6P2. The van der Waals surface area contributed by atoms with E-state index in [9.17, 15) is 0 Å². The van der Waals surface area contributed by atoms with E-state index in [0.717, 1.165) is 21.2 Å². The molecule has 0 bridgehead atoms. The van der Waals surface area contributed by atoms with Crippen LogP contribution in [0.1, 0.15) is 23.3 Å². The molecule has 2 atom stereocenters. The Morgan fingerprint density at radius 2 is 0.745 bits per heavy atom.